The predicted molar refractivity (Wildman–Crippen MR) is 121 cm³/mol. The molecule has 0 aliphatic carbocycles. The lowest BCUT2D eigenvalue weighted by atomic mass is 10.0. The van der Waals surface area contributed by atoms with E-state index in [4.69, 9.17) is 33.7 Å². The molecule has 1 aromatic carbocycles. The van der Waals surface area contributed by atoms with Crippen LogP contribution < -0.4 is 10.5 Å². The van der Waals surface area contributed by atoms with E-state index in [9.17, 15) is 14.7 Å². The second-order valence-corrected chi connectivity index (χ2v) is 9.03. The normalized spacial score (nSPS) is 20.8. The Balaban J connectivity index is 1.43. The number of nitrogens with two attached hydrogens (primary N) is 1. The molecule has 8 nitrogen and oxygen atoms in total. The topological polar surface area (TPSA) is 109 Å². The Kier molecular flexibility index (Phi) is 6.46. The molecule has 2 aliphatic heterocycles. The van der Waals surface area contributed by atoms with Crippen LogP contribution in [-0.2, 0) is 11.4 Å². The molecule has 0 spiro atoms. The first kappa shape index (κ1) is 22.6. The van der Waals surface area contributed by atoms with Crippen molar-refractivity contribution in [1.29, 1.82) is 0 Å². The molecule has 2 fully saturated rings. The number of β-amino-alcohol motifs (C(OH)–C–C–N with tert-alkyl or cyclic N) is 1. The molecular weight excluding hydrogens is 455 g/mol. The van der Waals surface area contributed by atoms with Crippen LogP contribution >= 0.6 is 23.2 Å². The van der Waals surface area contributed by atoms with Crippen molar-refractivity contribution < 1.29 is 19.4 Å². The number of carbonyl (C=O) groups excluding carboxylic acids is 2. The third kappa shape index (κ3) is 4.77. The second-order valence-electron chi connectivity index (χ2n) is 8.22. The maximum Gasteiger partial charge on any atom is 0.255 e. The molecular formula is C22H24Cl2N4O4. The molecule has 170 valence electrons. The third-order valence-electron chi connectivity index (χ3n) is 5.84. The lowest BCUT2D eigenvalue weighted by Gasteiger charge is -2.28. The van der Waals surface area contributed by atoms with Crippen molar-refractivity contribution in [1.82, 2.24) is 14.8 Å². The van der Waals surface area contributed by atoms with Gasteiger partial charge in [-0.2, -0.15) is 0 Å². The summed E-state index contributed by atoms with van der Waals surface area (Å²) in [5.74, 6) is 0.132. The number of nitrogen functional groups attached to an aromatic ring is 1. The fraction of sp³-hybridized carbons (Fsp3) is 0.409. The van der Waals surface area contributed by atoms with Crippen LogP contribution in [0.4, 0.5) is 5.82 Å². The van der Waals surface area contributed by atoms with E-state index >= 15 is 0 Å². The van der Waals surface area contributed by atoms with Crippen LogP contribution in [0.25, 0.3) is 0 Å². The SMILES string of the molecule is Nc1ncc(C(=O)N2CCC(O)(CN3CCCC3=O)C2)cc1OCc1c(Cl)cccc1Cl. The smallest absolute Gasteiger partial charge is 0.255 e. The van der Waals surface area contributed by atoms with E-state index in [0.717, 1.165) is 6.42 Å². The second kappa shape index (κ2) is 9.13. The zero-order valence-corrected chi connectivity index (χ0v) is 18.9. The molecule has 1 aromatic heterocycles. The third-order valence-corrected chi connectivity index (χ3v) is 6.55. The fourth-order valence-electron chi connectivity index (χ4n) is 4.08. The monoisotopic (exact) mass is 478 g/mol. The van der Waals surface area contributed by atoms with Gasteiger partial charge in [-0.3, -0.25) is 9.59 Å². The van der Waals surface area contributed by atoms with Crippen LogP contribution in [0.15, 0.2) is 30.5 Å². The lowest BCUT2D eigenvalue weighted by molar-refractivity contribution is -0.130. The molecule has 3 N–H and O–H groups in total. The number of likely N-dealkylation sites (tertiary alicyclic amines) is 2. The van der Waals surface area contributed by atoms with Crippen molar-refractivity contribution in [2.24, 2.45) is 0 Å². The highest BCUT2D eigenvalue weighted by Gasteiger charge is 2.41. The number of hydrogen-bond donors (Lipinski definition) is 2. The van der Waals surface area contributed by atoms with Gasteiger partial charge < -0.3 is 25.4 Å². The number of benzene rings is 1. The van der Waals surface area contributed by atoms with Gasteiger partial charge in [0.05, 0.1) is 18.7 Å². The van der Waals surface area contributed by atoms with Gasteiger partial charge in [0.2, 0.25) is 5.91 Å². The standard InChI is InChI=1S/C22H24Cl2N4O4/c23-16-3-1-4-17(24)15(16)11-32-18-9-14(10-26-20(18)25)21(30)28-8-6-22(31,13-28)12-27-7-2-5-19(27)29/h1,3-4,9-10,31H,2,5-8,11-13H2,(H2,25,26). The first-order valence-corrected chi connectivity index (χ1v) is 11.1. The Labute approximate surface area is 195 Å². The van der Waals surface area contributed by atoms with Crippen LogP contribution in [-0.4, -0.2) is 63.5 Å². The van der Waals surface area contributed by atoms with Gasteiger partial charge in [-0.05, 0) is 31.0 Å². The van der Waals surface area contributed by atoms with Crippen molar-refractivity contribution in [2.75, 3.05) is 31.9 Å². The molecule has 2 aromatic rings. The van der Waals surface area contributed by atoms with E-state index in [-0.39, 0.29) is 43.1 Å². The maximum atomic E-state index is 13.0. The number of anilines is 1. The van der Waals surface area contributed by atoms with Gasteiger partial charge >= 0.3 is 0 Å². The molecule has 0 radical (unpaired) electrons. The average molecular weight is 479 g/mol. The lowest BCUT2D eigenvalue weighted by Crippen LogP contribution is -2.46. The van der Waals surface area contributed by atoms with Crippen LogP contribution in [0.5, 0.6) is 5.75 Å². The summed E-state index contributed by atoms with van der Waals surface area (Å²) in [4.78, 5) is 32.2. The first-order valence-electron chi connectivity index (χ1n) is 10.4. The van der Waals surface area contributed by atoms with Crippen molar-refractivity contribution in [3.63, 3.8) is 0 Å². The number of rotatable bonds is 6. The number of hydrogen-bond acceptors (Lipinski definition) is 6. The van der Waals surface area contributed by atoms with E-state index in [0.29, 0.717) is 47.1 Å². The highest BCUT2D eigenvalue weighted by Crippen LogP contribution is 2.30. The number of pyridine rings is 1. The molecule has 2 amide bonds. The number of aliphatic hydroxyl groups is 1. The first-order chi connectivity index (χ1) is 15.3. The molecule has 2 saturated heterocycles. The highest BCUT2D eigenvalue weighted by atomic mass is 35.5. The summed E-state index contributed by atoms with van der Waals surface area (Å²) in [6.45, 7) is 1.48. The Hall–Kier alpha value is -2.55. The fourth-order valence-corrected chi connectivity index (χ4v) is 4.58. The zero-order chi connectivity index (χ0) is 22.9. The summed E-state index contributed by atoms with van der Waals surface area (Å²) in [6, 6.07) is 6.67. The Morgan fingerprint density at radius 1 is 1.28 bits per heavy atom. The Morgan fingerprint density at radius 3 is 2.72 bits per heavy atom. The van der Waals surface area contributed by atoms with Crippen LogP contribution in [0, 0.1) is 0 Å². The molecule has 0 bridgehead atoms. The van der Waals surface area contributed by atoms with E-state index in [2.05, 4.69) is 4.98 Å². The summed E-state index contributed by atoms with van der Waals surface area (Å²) in [7, 11) is 0. The van der Waals surface area contributed by atoms with Gasteiger partial charge in [-0.25, -0.2) is 4.98 Å². The van der Waals surface area contributed by atoms with Gasteiger partial charge in [0.15, 0.2) is 11.6 Å². The molecule has 4 rings (SSSR count). The molecule has 0 saturated carbocycles. The van der Waals surface area contributed by atoms with Gasteiger partial charge in [-0.15, -0.1) is 0 Å². The maximum absolute atomic E-state index is 13.0. The number of nitrogens with zero attached hydrogens (tertiary/aromatic N) is 3. The summed E-state index contributed by atoms with van der Waals surface area (Å²) >= 11 is 12.4. The molecule has 3 heterocycles. The van der Waals surface area contributed by atoms with Gasteiger partial charge in [-0.1, -0.05) is 29.3 Å². The Morgan fingerprint density at radius 2 is 2.03 bits per heavy atom. The quantitative estimate of drug-likeness (QED) is 0.660. The van der Waals surface area contributed by atoms with Gasteiger partial charge in [0.1, 0.15) is 12.2 Å². The number of ether oxygens (including phenoxy) is 1. The van der Waals surface area contributed by atoms with E-state index in [1.807, 2.05) is 0 Å². The number of carbonyl (C=O) groups is 2. The van der Waals surface area contributed by atoms with Crippen molar-refractivity contribution >= 4 is 40.8 Å². The molecule has 1 unspecified atom stereocenters. The van der Waals surface area contributed by atoms with Crippen LogP contribution in [0.3, 0.4) is 0 Å². The largest absolute Gasteiger partial charge is 0.485 e. The summed E-state index contributed by atoms with van der Waals surface area (Å²) in [5.41, 5.74) is 5.71. The zero-order valence-electron chi connectivity index (χ0n) is 17.4. The molecule has 1 atom stereocenters. The minimum atomic E-state index is -1.11. The molecule has 10 heteroatoms. The van der Waals surface area contributed by atoms with Crippen LogP contribution in [0.2, 0.25) is 10.0 Å². The van der Waals surface area contributed by atoms with Crippen molar-refractivity contribution in [3.05, 3.63) is 51.6 Å². The summed E-state index contributed by atoms with van der Waals surface area (Å²) in [6.07, 6.45) is 3.10. The summed E-state index contributed by atoms with van der Waals surface area (Å²) < 4.78 is 5.76. The van der Waals surface area contributed by atoms with E-state index in [1.54, 1.807) is 28.0 Å². The van der Waals surface area contributed by atoms with E-state index in [1.165, 1.54) is 12.3 Å². The van der Waals surface area contributed by atoms with Gasteiger partial charge in [0, 0.05) is 41.3 Å². The van der Waals surface area contributed by atoms with Crippen molar-refractivity contribution in [3.8, 4) is 5.75 Å². The number of aromatic nitrogens is 1. The van der Waals surface area contributed by atoms with Crippen LogP contribution in [0.1, 0.15) is 35.2 Å². The van der Waals surface area contributed by atoms with Gasteiger partial charge in [0.25, 0.3) is 5.91 Å². The molecule has 2 aliphatic rings. The number of halogens is 2. The summed E-state index contributed by atoms with van der Waals surface area (Å²) in [5, 5.41) is 11.8. The van der Waals surface area contributed by atoms with Crippen molar-refractivity contribution in [2.45, 2.75) is 31.5 Å². The number of amides is 2. The minimum Gasteiger partial charge on any atom is -0.485 e. The Bertz CT molecular complexity index is 1030. The van der Waals surface area contributed by atoms with E-state index < -0.39 is 5.60 Å². The molecule has 32 heavy (non-hydrogen) atoms. The predicted octanol–water partition coefficient (Wildman–Crippen LogP) is 2.75. The average Bonchev–Trinajstić information content (AvgIpc) is 3.34. The highest BCUT2D eigenvalue weighted by molar-refractivity contribution is 6.35. The minimum absolute atomic E-state index is 0.0475.